The normalized spacial score (nSPS) is 14.6. The predicted molar refractivity (Wildman–Crippen MR) is 117 cm³/mol. The first-order valence-electron chi connectivity index (χ1n) is 10.2. The smallest absolute Gasteiger partial charge is 0.336 e. The van der Waals surface area contributed by atoms with Crippen molar-refractivity contribution in [1.29, 1.82) is 0 Å². The fourth-order valence-electron chi connectivity index (χ4n) is 3.77. The summed E-state index contributed by atoms with van der Waals surface area (Å²) in [6.45, 7) is 6.47. The van der Waals surface area contributed by atoms with Gasteiger partial charge in [-0.2, -0.15) is 0 Å². The van der Waals surface area contributed by atoms with E-state index in [4.69, 9.17) is 0 Å². The first-order chi connectivity index (χ1) is 15.0. The highest BCUT2D eigenvalue weighted by Crippen LogP contribution is 2.27. The number of carbonyl (C=O) groups is 2. The summed E-state index contributed by atoms with van der Waals surface area (Å²) >= 11 is 0. The zero-order valence-electron chi connectivity index (χ0n) is 17.1. The number of nitrogens with zero attached hydrogens (tertiary/aromatic N) is 3. The van der Waals surface area contributed by atoms with Crippen molar-refractivity contribution in [3.8, 4) is 0 Å². The van der Waals surface area contributed by atoms with Crippen LogP contribution in [0.4, 0.5) is 15.9 Å². The number of carboxylic acids is 1. The number of pyridine rings is 1. The summed E-state index contributed by atoms with van der Waals surface area (Å²) in [7, 11) is 0. The molecular weight excluding hydrogens is 399 g/mol. The number of benzene rings is 2. The minimum Gasteiger partial charge on any atom is -0.478 e. The van der Waals surface area contributed by atoms with E-state index in [-0.39, 0.29) is 11.1 Å². The Bertz CT molecular complexity index is 1140. The Morgan fingerprint density at radius 2 is 1.81 bits per heavy atom. The quantitative estimate of drug-likeness (QED) is 0.655. The van der Waals surface area contributed by atoms with Crippen molar-refractivity contribution in [1.82, 2.24) is 9.88 Å². The lowest BCUT2D eigenvalue weighted by atomic mass is 10.1. The van der Waals surface area contributed by atoms with E-state index in [2.05, 4.69) is 27.0 Å². The Morgan fingerprint density at radius 1 is 1.06 bits per heavy atom. The van der Waals surface area contributed by atoms with E-state index in [0.717, 1.165) is 32.7 Å². The van der Waals surface area contributed by atoms with Crippen molar-refractivity contribution in [2.45, 2.75) is 6.92 Å². The second-order valence-corrected chi connectivity index (χ2v) is 7.42. The van der Waals surface area contributed by atoms with Crippen LogP contribution in [-0.4, -0.2) is 59.6 Å². The molecule has 160 valence electrons. The van der Waals surface area contributed by atoms with E-state index in [1.54, 1.807) is 30.3 Å². The molecule has 2 aromatic carbocycles. The number of aromatic carboxylic acids is 1. The number of nitrogens with one attached hydrogen (secondary N) is 1. The average molecular weight is 422 g/mol. The number of rotatable bonds is 5. The van der Waals surface area contributed by atoms with Crippen molar-refractivity contribution in [3.63, 3.8) is 0 Å². The molecule has 0 bridgehead atoms. The van der Waals surface area contributed by atoms with E-state index in [9.17, 15) is 19.1 Å². The number of fused-ring (bicyclic) bond motifs is 1. The highest BCUT2D eigenvalue weighted by atomic mass is 19.1. The summed E-state index contributed by atoms with van der Waals surface area (Å²) in [6, 6.07) is 12.1. The molecule has 1 aromatic heterocycles. The van der Waals surface area contributed by atoms with Crippen molar-refractivity contribution in [2.24, 2.45) is 0 Å². The standard InChI is InChI=1S/C23H23FN4O3/c1-2-27-9-11-28(12-10-27)21-14-18(23(30)31)17-13-15(7-8-20(17)26-21)25-22(29)16-5-3-4-6-19(16)24/h3-8,13-14H,2,9-12H2,1H3,(H,25,29)(H,30,31). The van der Waals surface area contributed by atoms with Crippen molar-refractivity contribution >= 4 is 34.3 Å². The largest absolute Gasteiger partial charge is 0.478 e. The summed E-state index contributed by atoms with van der Waals surface area (Å²) < 4.78 is 13.9. The van der Waals surface area contributed by atoms with E-state index < -0.39 is 17.7 Å². The predicted octanol–water partition coefficient (Wildman–Crippen LogP) is 3.47. The first-order valence-corrected chi connectivity index (χ1v) is 10.2. The van der Waals surface area contributed by atoms with Crippen LogP contribution in [0.25, 0.3) is 10.9 Å². The van der Waals surface area contributed by atoms with Gasteiger partial charge in [-0.1, -0.05) is 19.1 Å². The molecular formula is C23H23FN4O3. The molecule has 0 saturated carbocycles. The lowest BCUT2D eigenvalue weighted by Crippen LogP contribution is -2.46. The first kappa shape index (κ1) is 20.7. The second-order valence-electron chi connectivity index (χ2n) is 7.42. The molecule has 2 N–H and O–H groups in total. The third-order valence-corrected chi connectivity index (χ3v) is 5.55. The van der Waals surface area contributed by atoms with E-state index in [1.165, 1.54) is 18.2 Å². The van der Waals surface area contributed by atoms with Gasteiger partial charge in [-0.15, -0.1) is 0 Å². The molecule has 1 amide bonds. The van der Waals surface area contributed by atoms with Gasteiger partial charge in [-0.3, -0.25) is 4.79 Å². The van der Waals surface area contributed by atoms with Crippen molar-refractivity contribution < 1.29 is 19.1 Å². The van der Waals surface area contributed by atoms with Crippen LogP contribution in [-0.2, 0) is 0 Å². The molecule has 4 rings (SSSR count). The number of hydrogen-bond acceptors (Lipinski definition) is 5. The molecule has 1 aliphatic heterocycles. The summed E-state index contributed by atoms with van der Waals surface area (Å²) in [5, 5.41) is 12.8. The number of anilines is 2. The van der Waals surface area contributed by atoms with Crippen molar-refractivity contribution in [3.05, 3.63) is 65.5 Å². The van der Waals surface area contributed by atoms with Gasteiger partial charge < -0.3 is 20.2 Å². The maximum Gasteiger partial charge on any atom is 0.336 e. The molecule has 8 heteroatoms. The number of piperazine rings is 1. The summed E-state index contributed by atoms with van der Waals surface area (Å²) in [5.41, 5.74) is 0.923. The van der Waals surface area contributed by atoms with Gasteiger partial charge in [0, 0.05) is 37.3 Å². The summed E-state index contributed by atoms with van der Waals surface area (Å²) in [4.78, 5) is 33.4. The Hall–Kier alpha value is -3.52. The molecule has 0 atom stereocenters. The molecule has 2 heterocycles. The highest BCUT2D eigenvalue weighted by Gasteiger charge is 2.20. The van der Waals surface area contributed by atoms with Gasteiger partial charge >= 0.3 is 5.97 Å². The van der Waals surface area contributed by atoms with E-state index in [1.807, 2.05) is 0 Å². The number of carbonyl (C=O) groups excluding carboxylic acids is 1. The Kier molecular flexibility index (Phi) is 5.81. The minimum absolute atomic E-state index is 0.0826. The van der Waals surface area contributed by atoms with Crippen LogP contribution in [0.15, 0.2) is 48.5 Å². The number of halogens is 1. The van der Waals surface area contributed by atoms with Crippen LogP contribution in [0.2, 0.25) is 0 Å². The Labute approximate surface area is 179 Å². The van der Waals surface area contributed by atoms with Gasteiger partial charge in [0.05, 0.1) is 16.6 Å². The molecule has 31 heavy (non-hydrogen) atoms. The van der Waals surface area contributed by atoms with Gasteiger partial charge in [-0.05, 0) is 42.9 Å². The third-order valence-electron chi connectivity index (χ3n) is 5.55. The third kappa shape index (κ3) is 4.34. The van der Waals surface area contributed by atoms with Gasteiger partial charge in [0.15, 0.2) is 0 Å². The van der Waals surface area contributed by atoms with Crippen molar-refractivity contribution in [2.75, 3.05) is 42.9 Å². The fourth-order valence-corrected chi connectivity index (χ4v) is 3.77. The van der Waals surface area contributed by atoms with Gasteiger partial charge in [0.2, 0.25) is 0 Å². The molecule has 1 aliphatic rings. The minimum atomic E-state index is -1.07. The molecule has 0 aliphatic carbocycles. The molecule has 1 saturated heterocycles. The van der Waals surface area contributed by atoms with E-state index in [0.29, 0.717) is 22.4 Å². The molecule has 3 aromatic rings. The van der Waals surface area contributed by atoms with E-state index >= 15 is 0 Å². The number of aromatic nitrogens is 1. The molecule has 0 spiro atoms. The van der Waals surface area contributed by atoms with Crippen LogP contribution in [0.3, 0.4) is 0 Å². The maximum absolute atomic E-state index is 13.9. The Morgan fingerprint density at radius 3 is 2.48 bits per heavy atom. The van der Waals surface area contributed by atoms with Crippen LogP contribution >= 0.6 is 0 Å². The van der Waals surface area contributed by atoms with Crippen LogP contribution < -0.4 is 10.2 Å². The lowest BCUT2D eigenvalue weighted by Gasteiger charge is -2.35. The zero-order valence-corrected chi connectivity index (χ0v) is 17.1. The fraction of sp³-hybridized carbons (Fsp3) is 0.261. The van der Waals surface area contributed by atoms with Gasteiger partial charge in [-0.25, -0.2) is 14.2 Å². The maximum atomic E-state index is 13.9. The Balaban J connectivity index is 1.65. The number of hydrogen-bond donors (Lipinski definition) is 2. The molecule has 7 nitrogen and oxygen atoms in total. The molecule has 0 radical (unpaired) electrons. The number of likely N-dealkylation sites (N-methyl/N-ethyl adjacent to an activating group) is 1. The number of carboxylic acid groups (broad SMARTS) is 1. The summed E-state index contributed by atoms with van der Waals surface area (Å²) in [5.74, 6) is -1.67. The van der Waals surface area contributed by atoms with Gasteiger partial charge in [0.1, 0.15) is 11.6 Å². The molecule has 1 fully saturated rings. The average Bonchev–Trinajstić information content (AvgIpc) is 2.78. The zero-order chi connectivity index (χ0) is 22.0. The number of amides is 1. The SMILES string of the molecule is CCN1CCN(c2cc(C(=O)O)c3cc(NC(=O)c4ccccc4F)ccc3n2)CC1. The lowest BCUT2D eigenvalue weighted by molar-refractivity contribution is 0.0698. The van der Waals surface area contributed by atoms with Gasteiger partial charge in [0.25, 0.3) is 5.91 Å². The second kappa shape index (κ2) is 8.69. The summed E-state index contributed by atoms with van der Waals surface area (Å²) in [6.07, 6.45) is 0. The van der Waals surface area contributed by atoms with Crippen LogP contribution in [0.5, 0.6) is 0 Å². The van der Waals surface area contributed by atoms with Crippen LogP contribution in [0, 0.1) is 5.82 Å². The monoisotopic (exact) mass is 422 g/mol. The molecule has 0 unspecified atom stereocenters. The van der Waals surface area contributed by atoms with Crippen LogP contribution in [0.1, 0.15) is 27.6 Å². The topological polar surface area (TPSA) is 85.8 Å². The highest BCUT2D eigenvalue weighted by molar-refractivity contribution is 6.08.